The molecule has 23 heavy (non-hydrogen) atoms. The van der Waals surface area contributed by atoms with E-state index in [1.807, 2.05) is 44.2 Å². The van der Waals surface area contributed by atoms with E-state index >= 15 is 0 Å². The standard InChI is InChI=1S/C16H18N4O3/c1-10(2)14-18-13(19-23-14)9-20-15(21)12(17-16(20)22)8-11-6-4-3-5-7-11/h3-7,10,12H,8-9H2,1-2H3,(H,17,22). The van der Waals surface area contributed by atoms with E-state index in [1.54, 1.807) is 0 Å². The first-order valence-corrected chi connectivity index (χ1v) is 7.53. The molecule has 1 saturated heterocycles. The van der Waals surface area contributed by atoms with Crippen molar-refractivity contribution in [2.75, 3.05) is 0 Å². The summed E-state index contributed by atoms with van der Waals surface area (Å²) >= 11 is 0. The highest BCUT2D eigenvalue weighted by Gasteiger charge is 2.38. The molecule has 1 aliphatic rings. The number of imide groups is 1. The van der Waals surface area contributed by atoms with E-state index in [0.717, 1.165) is 10.5 Å². The predicted molar refractivity (Wildman–Crippen MR) is 81.4 cm³/mol. The molecule has 1 atom stereocenters. The van der Waals surface area contributed by atoms with Crippen LogP contribution in [0.4, 0.5) is 4.79 Å². The summed E-state index contributed by atoms with van der Waals surface area (Å²) in [5, 5.41) is 6.52. The smallest absolute Gasteiger partial charge is 0.325 e. The fourth-order valence-electron chi connectivity index (χ4n) is 2.42. The number of urea groups is 1. The van der Waals surface area contributed by atoms with Crippen molar-refractivity contribution in [1.82, 2.24) is 20.4 Å². The first kappa shape index (κ1) is 15.2. The summed E-state index contributed by atoms with van der Waals surface area (Å²) in [5.74, 6) is 0.658. The molecule has 2 aromatic rings. The molecule has 7 nitrogen and oxygen atoms in total. The maximum Gasteiger partial charge on any atom is 0.325 e. The Balaban J connectivity index is 1.68. The van der Waals surface area contributed by atoms with Gasteiger partial charge in [0, 0.05) is 12.3 Å². The normalized spacial score (nSPS) is 17.9. The molecule has 1 aromatic carbocycles. The number of nitrogens with one attached hydrogen (secondary N) is 1. The highest BCUT2D eigenvalue weighted by atomic mass is 16.5. The summed E-state index contributed by atoms with van der Waals surface area (Å²) < 4.78 is 5.10. The van der Waals surface area contributed by atoms with Crippen LogP contribution in [0.15, 0.2) is 34.9 Å². The number of carbonyl (C=O) groups excluding carboxylic acids is 2. The van der Waals surface area contributed by atoms with Crippen LogP contribution in [0, 0.1) is 0 Å². The third kappa shape index (κ3) is 3.23. The van der Waals surface area contributed by atoms with Crippen LogP contribution in [0.3, 0.4) is 0 Å². The Morgan fingerprint density at radius 3 is 2.65 bits per heavy atom. The number of amides is 3. The molecule has 2 heterocycles. The molecule has 1 aliphatic heterocycles. The Bertz CT molecular complexity index is 711. The number of rotatable bonds is 5. The number of carbonyl (C=O) groups is 2. The molecule has 1 unspecified atom stereocenters. The predicted octanol–water partition coefficient (Wildman–Crippen LogP) is 1.86. The number of benzene rings is 1. The molecule has 0 bridgehead atoms. The van der Waals surface area contributed by atoms with Gasteiger partial charge in [0.25, 0.3) is 5.91 Å². The van der Waals surface area contributed by atoms with E-state index in [-0.39, 0.29) is 18.4 Å². The Morgan fingerprint density at radius 1 is 1.26 bits per heavy atom. The Labute approximate surface area is 133 Å². The van der Waals surface area contributed by atoms with Crippen molar-refractivity contribution in [2.24, 2.45) is 0 Å². The highest BCUT2D eigenvalue weighted by Crippen LogP contribution is 2.16. The molecule has 120 valence electrons. The van der Waals surface area contributed by atoms with Gasteiger partial charge in [0.15, 0.2) is 5.82 Å². The van der Waals surface area contributed by atoms with Crippen LogP contribution in [-0.2, 0) is 17.8 Å². The molecule has 3 rings (SSSR count). The topological polar surface area (TPSA) is 88.3 Å². The van der Waals surface area contributed by atoms with Gasteiger partial charge in [-0.1, -0.05) is 49.3 Å². The second kappa shape index (κ2) is 6.20. The van der Waals surface area contributed by atoms with E-state index in [2.05, 4.69) is 15.5 Å². The fraction of sp³-hybridized carbons (Fsp3) is 0.375. The minimum Gasteiger partial charge on any atom is -0.339 e. The average Bonchev–Trinajstić information content (AvgIpc) is 3.10. The Hall–Kier alpha value is -2.70. The van der Waals surface area contributed by atoms with Crippen molar-refractivity contribution in [1.29, 1.82) is 0 Å². The highest BCUT2D eigenvalue weighted by molar-refractivity contribution is 6.04. The summed E-state index contributed by atoms with van der Waals surface area (Å²) in [6.45, 7) is 3.88. The lowest BCUT2D eigenvalue weighted by molar-refractivity contribution is -0.127. The fourth-order valence-corrected chi connectivity index (χ4v) is 2.42. The van der Waals surface area contributed by atoms with Crippen molar-refractivity contribution >= 4 is 11.9 Å². The second-order valence-corrected chi connectivity index (χ2v) is 5.82. The lowest BCUT2D eigenvalue weighted by Crippen LogP contribution is -2.32. The Kier molecular flexibility index (Phi) is 4.10. The zero-order chi connectivity index (χ0) is 16.4. The van der Waals surface area contributed by atoms with Crippen molar-refractivity contribution in [2.45, 2.75) is 38.8 Å². The van der Waals surface area contributed by atoms with Gasteiger partial charge in [-0.05, 0) is 5.56 Å². The number of aromatic nitrogens is 2. The molecular formula is C16H18N4O3. The van der Waals surface area contributed by atoms with E-state index in [4.69, 9.17) is 4.52 Å². The van der Waals surface area contributed by atoms with Crippen molar-refractivity contribution in [3.05, 3.63) is 47.6 Å². The largest absolute Gasteiger partial charge is 0.339 e. The maximum atomic E-state index is 12.4. The lowest BCUT2D eigenvalue weighted by atomic mass is 10.1. The van der Waals surface area contributed by atoms with Gasteiger partial charge >= 0.3 is 6.03 Å². The van der Waals surface area contributed by atoms with Gasteiger partial charge in [0.2, 0.25) is 5.89 Å². The second-order valence-electron chi connectivity index (χ2n) is 5.82. The first-order chi connectivity index (χ1) is 11.0. The quantitative estimate of drug-likeness (QED) is 0.851. The monoisotopic (exact) mass is 314 g/mol. The Morgan fingerprint density at radius 2 is 2.00 bits per heavy atom. The minimum atomic E-state index is -0.554. The van der Waals surface area contributed by atoms with Crippen LogP contribution < -0.4 is 5.32 Å². The van der Waals surface area contributed by atoms with Gasteiger partial charge in [-0.25, -0.2) is 4.79 Å². The molecule has 3 amide bonds. The summed E-state index contributed by atoms with van der Waals surface area (Å²) in [6, 6.07) is 8.59. The third-order valence-electron chi connectivity index (χ3n) is 3.67. The SMILES string of the molecule is CC(C)c1nc(CN2C(=O)NC(Cc3ccccc3)C2=O)no1. The van der Waals surface area contributed by atoms with E-state index in [0.29, 0.717) is 18.1 Å². The van der Waals surface area contributed by atoms with E-state index < -0.39 is 12.1 Å². The van der Waals surface area contributed by atoms with Crippen LogP contribution in [0.2, 0.25) is 0 Å². The van der Waals surface area contributed by atoms with Crippen LogP contribution in [0.5, 0.6) is 0 Å². The van der Waals surface area contributed by atoms with Gasteiger partial charge in [0.05, 0.1) is 6.54 Å². The average molecular weight is 314 g/mol. The van der Waals surface area contributed by atoms with Crippen molar-refractivity contribution in [3.63, 3.8) is 0 Å². The summed E-state index contributed by atoms with van der Waals surface area (Å²) in [5.41, 5.74) is 0.995. The molecule has 0 radical (unpaired) electrons. The zero-order valence-corrected chi connectivity index (χ0v) is 13.0. The maximum absolute atomic E-state index is 12.4. The summed E-state index contributed by atoms with van der Waals surface area (Å²) in [4.78, 5) is 29.8. The van der Waals surface area contributed by atoms with Crippen LogP contribution >= 0.6 is 0 Å². The zero-order valence-electron chi connectivity index (χ0n) is 13.0. The molecule has 7 heteroatoms. The van der Waals surface area contributed by atoms with Crippen LogP contribution in [-0.4, -0.2) is 33.0 Å². The molecule has 0 spiro atoms. The van der Waals surface area contributed by atoms with Gasteiger partial charge < -0.3 is 9.84 Å². The molecular weight excluding hydrogens is 296 g/mol. The van der Waals surface area contributed by atoms with Crippen LogP contribution in [0.25, 0.3) is 0 Å². The molecule has 1 N–H and O–H groups in total. The number of nitrogens with zero attached hydrogens (tertiary/aromatic N) is 3. The minimum absolute atomic E-state index is 0.0200. The first-order valence-electron chi connectivity index (χ1n) is 7.53. The third-order valence-corrected chi connectivity index (χ3v) is 3.67. The van der Waals surface area contributed by atoms with Gasteiger partial charge in [0.1, 0.15) is 6.04 Å². The number of hydrogen-bond donors (Lipinski definition) is 1. The molecule has 0 aliphatic carbocycles. The van der Waals surface area contributed by atoms with Crippen LogP contribution in [0.1, 0.15) is 37.0 Å². The van der Waals surface area contributed by atoms with Crippen molar-refractivity contribution < 1.29 is 14.1 Å². The van der Waals surface area contributed by atoms with Gasteiger partial charge in [-0.2, -0.15) is 4.98 Å². The molecule has 1 aromatic heterocycles. The number of hydrogen-bond acceptors (Lipinski definition) is 5. The summed E-state index contributed by atoms with van der Waals surface area (Å²) in [6.07, 6.45) is 0.464. The summed E-state index contributed by atoms with van der Waals surface area (Å²) in [7, 11) is 0. The van der Waals surface area contributed by atoms with Crippen molar-refractivity contribution in [3.8, 4) is 0 Å². The van der Waals surface area contributed by atoms with Gasteiger partial charge in [-0.3, -0.25) is 9.69 Å². The van der Waals surface area contributed by atoms with E-state index in [1.165, 1.54) is 0 Å². The van der Waals surface area contributed by atoms with Gasteiger partial charge in [-0.15, -0.1) is 0 Å². The molecule has 1 fully saturated rings. The van der Waals surface area contributed by atoms with E-state index in [9.17, 15) is 9.59 Å². The molecule has 0 saturated carbocycles. The lowest BCUT2D eigenvalue weighted by Gasteiger charge is -2.10.